The lowest BCUT2D eigenvalue weighted by molar-refractivity contribution is -0.928. The van der Waals surface area contributed by atoms with Gasteiger partial charge in [-0.1, -0.05) is 27.7 Å². The van der Waals surface area contributed by atoms with Gasteiger partial charge in [-0.3, -0.25) is 4.79 Å². The number of rotatable bonds is 11. The Bertz CT molecular complexity index is 263. The molecule has 0 N–H and O–H groups in total. The third-order valence-electron chi connectivity index (χ3n) is 3.39. The van der Waals surface area contributed by atoms with E-state index in [1.54, 1.807) is 6.92 Å². The number of hydrogen-bond donors (Lipinski definition) is 0. The van der Waals surface area contributed by atoms with Gasteiger partial charge in [-0.15, -0.1) is 0 Å². The van der Waals surface area contributed by atoms with Crippen molar-refractivity contribution in [3.63, 3.8) is 0 Å². The lowest BCUT2D eigenvalue weighted by Gasteiger charge is -2.38. The smallest absolute Gasteiger partial charge is 0.311 e. The molecule has 22 heavy (non-hydrogen) atoms. The number of carboxylic acid groups (broad SMARTS) is 1. The molecule has 0 aromatic heterocycles. The van der Waals surface area contributed by atoms with Gasteiger partial charge >= 0.3 is 5.97 Å². The zero-order valence-corrected chi connectivity index (χ0v) is 15.2. The Morgan fingerprint density at radius 3 is 1.41 bits per heavy atom. The molecule has 0 aromatic carbocycles. The zero-order chi connectivity index (χ0) is 17.4. The van der Waals surface area contributed by atoms with E-state index in [-0.39, 0.29) is 6.61 Å². The maximum absolute atomic E-state index is 10.2. The van der Waals surface area contributed by atoms with Gasteiger partial charge in [-0.05, 0) is 32.6 Å². The van der Waals surface area contributed by atoms with E-state index in [9.17, 15) is 14.7 Å². The molecule has 0 rings (SSSR count). The molecule has 0 aliphatic rings. The van der Waals surface area contributed by atoms with Gasteiger partial charge in [-0.25, -0.2) is 0 Å². The molecule has 0 aromatic rings. The highest BCUT2D eigenvalue weighted by atomic mass is 16.5. The number of carboxylic acids is 1. The Balaban J connectivity index is 0. The molecule has 0 heterocycles. The molecule has 0 amide bonds. The van der Waals surface area contributed by atoms with Crippen LogP contribution >= 0.6 is 0 Å². The molecule has 132 valence electrons. The molecule has 5 heteroatoms. The summed E-state index contributed by atoms with van der Waals surface area (Å²) in [7, 11) is 0. The molecule has 0 aliphatic heterocycles. The van der Waals surface area contributed by atoms with Gasteiger partial charge in [0.1, 0.15) is 0 Å². The summed E-state index contributed by atoms with van der Waals surface area (Å²) < 4.78 is 5.67. The minimum atomic E-state index is -1.41. The Labute approximate surface area is 136 Å². The molecule has 5 nitrogen and oxygen atoms in total. The summed E-state index contributed by atoms with van der Waals surface area (Å²) in [5.74, 6) is -2.16. The van der Waals surface area contributed by atoms with Crippen molar-refractivity contribution in [1.82, 2.24) is 0 Å². The fourth-order valence-electron chi connectivity index (χ4n) is 2.90. The second-order valence-corrected chi connectivity index (χ2v) is 5.59. The second-order valence-electron chi connectivity index (χ2n) is 5.59. The van der Waals surface area contributed by atoms with Gasteiger partial charge in [0.2, 0.25) is 0 Å². The third kappa shape index (κ3) is 12.6. The number of esters is 1. The van der Waals surface area contributed by atoms with Crippen molar-refractivity contribution in [3.05, 3.63) is 0 Å². The summed E-state index contributed by atoms with van der Waals surface area (Å²) in [5, 5.41) is 9.67. The first kappa shape index (κ1) is 23.2. The van der Waals surface area contributed by atoms with Crippen LogP contribution < -0.4 is 5.11 Å². The Morgan fingerprint density at radius 1 is 0.818 bits per heavy atom. The SMILES string of the molecule is CCC[N+](CCC)(CCC)CCC.CCOC(=O)CC(=O)[O-]. The molecule has 0 fully saturated rings. The van der Waals surface area contributed by atoms with Crippen LogP contribution in [0.5, 0.6) is 0 Å². The first-order valence-corrected chi connectivity index (χ1v) is 8.61. The van der Waals surface area contributed by atoms with Gasteiger partial charge in [-0.2, -0.15) is 0 Å². The van der Waals surface area contributed by atoms with E-state index < -0.39 is 18.4 Å². The summed E-state index contributed by atoms with van der Waals surface area (Å²) in [6.07, 6.45) is 4.67. The normalized spacial score (nSPS) is 10.6. The van der Waals surface area contributed by atoms with Crippen molar-refractivity contribution < 1.29 is 23.9 Å². The number of quaternary nitrogens is 1. The van der Waals surface area contributed by atoms with Gasteiger partial charge in [0.15, 0.2) is 0 Å². The summed E-state index contributed by atoms with van der Waals surface area (Å²) in [4.78, 5) is 19.9. The molecule has 0 aliphatic carbocycles. The average Bonchev–Trinajstić information content (AvgIpc) is 2.40. The molecule has 0 atom stereocenters. The molecule has 0 saturated heterocycles. The minimum Gasteiger partial charge on any atom is -0.550 e. The van der Waals surface area contributed by atoms with E-state index in [1.807, 2.05) is 0 Å². The summed E-state index contributed by atoms with van der Waals surface area (Å²) >= 11 is 0. The van der Waals surface area contributed by atoms with Crippen molar-refractivity contribution >= 4 is 11.9 Å². The van der Waals surface area contributed by atoms with Crippen molar-refractivity contribution in [3.8, 4) is 0 Å². The molecular formula is C17H35NO4. The molecule has 0 spiro atoms. The number of aliphatic carboxylic acids is 1. The van der Waals surface area contributed by atoms with Crippen LogP contribution in [0.2, 0.25) is 0 Å². The lowest BCUT2D eigenvalue weighted by Crippen LogP contribution is -2.50. The van der Waals surface area contributed by atoms with Crippen molar-refractivity contribution in [2.24, 2.45) is 0 Å². The van der Waals surface area contributed by atoms with Crippen LogP contribution in [0.3, 0.4) is 0 Å². The van der Waals surface area contributed by atoms with Crippen LogP contribution in [0.15, 0.2) is 0 Å². The van der Waals surface area contributed by atoms with Crippen molar-refractivity contribution in [2.75, 3.05) is 32.8 Å². The van der Waals surface area contributed by atoms with Gasteiger partial charge < -0.3 is 19.1 Å². The van der Waals surface area contributed by atoms with E-state index >= 15 is 0 Å². The van der Waals surface area contributed by atoms with Crippen molar-refractivity contribution in [1.29, 1.82) is 0 Å². The molecule has 0 bridgehead atoms. The highest BCUT2D eigenvalue weighted by Gasteiger charge is 2.22. The monoisotopic (exact) mass is 317 g/mol. The van der Waals surface area contributed by atoms with E-state index in [0.29, 0.717) is 0 Å². The summed E-state index contributed by atoms with van der Waals surface area (Å²) in [6, 6.07) is 0. The molecule has 0 unspecified atom stereocenters. The number of ether oxygens (including phenoxy) is 1. The Kier molecular flexibility index (Phi) is 15.6. The van der Waals surface area contributed by atoms with Crippen LogP contribution in [0, 0.1) is 0 Å². The fourth-order valence-corrected chi connectivity index (χ4v) is 2.90. The topological polar surface area (TPSA) is 66.4 Å². The van der Waals surface area contributed by atoms with Crippen LogP contribution in [-0.4, -0.2) is 49.2 Å². The number of hydrogen-bond acceptors (Lipinski definition) is 4. The van der Waals surface area contributed by atoms with Crippen LogP contribution in [-0.2, 0) is 14.3 Å². The largest absolute Gasteiger partial charge is 0.550 e. The minimum absolute atomic E-state index is 0.201. The average molecular weight is 317 g/mol. The highest BCUT2D eigenvalue weighted by molar-refractivity contribution is 5.88. The van der Waals surface area contributed by atoms with E-state index in [0.717, 1.165) is 0 Å². The van der Waals surface area contributed by atoms with Gasteiger partial charge in [0.25, 0.3) is 0 Å². The molecule has 0 saturated carbocycles. The predicted molar refractivity (Wildman–Crippen MR) is 87.1 cm³/mol. The van der Waals surface area contributed by atoms with E-state index in [1.165, 1.54) is 56.3 Å². The van der Waals surface area contributed by atoms with E-state index in [4.69, 9.17) is 0 Å². The molecular weight excluding hydrogens is 282 g/mol. The Morgan fingerprint density at radius 2 is 1.18 bits per heavy atom. The van der Waals surface area contributed by atoms with E-state index in [2.05, 4.69) is 32.4 Å². The van der Waals surface area contributed by atoms with Gasteiger partial charge in [0.05, 0.1) is 45.2 Å². The summed E-state index contributed by atoms with van der Waals surface area (Å²) in [6.45, 7) is 16.6. The maximum atomic E-state index is 10.2. The lowest BCUT2D eigenvalue weighted by atomic mass is 10.2. The standard InChI is InChI=1S/C12H28N.C5H8O4/c1-5-9-13(10-6-2,11-7-3)12-8-4;1-2-9-5(8)3-4(6)7/h5-12H2,1-4H3;2-3H2,1H3,(H,6,7)/q+1;/p-1. The van der Waals surface area contributed by atoms with Gasteiger partial charge in [0, 0.05) is 0 Å². The van der Waals surface area contributed by atoms with Crippen LogP contribution in [0.4, 0.5) is 0 Å². The highest BCUT2D eigenvalue weighted by Crippen LogP contribution is 2.12. The first-order chi connectivity index (χ1) is 10.4. The first-order valence-electron chi connectivity index (χ1n) is 8.61. The third-order valence-corrected chi connectivity index (χ3v) is 3.39. The zero-order valence-electron chi connectivity index (χ0n) is 15.2. The number of carbonyl (C=O) groups excluding carboxylic acids is 2. The van der Waals surface area contributed by atoms with Crippen LogP contribution in [0.1, 0.15) is 66.7 Å². The van der Waals surface area contributed by atoms with Crippen LogP contribution in [0.25, 0.3) is 0 Å². The number of nitrogens with zero attached hydrogens (tertiary/aromatic N) is 1. The summed E-state index contributed by atoms with van der Waals surface area (Å²) in [5.41, 5.74) is 0. The second kappa shape index (κ2) is 14.8. The fraction of sp³-hybridized carbons (Fsp3) is 0.882. The Hall–Kier alpha value is -1.10. The maximum Gasteiger partial charge on any atom is 0.311 e. The number of carbonyl (C=O) groups is 2. The quantitative estimate of drug-likeness (QED) is 0.333. The predicted octanol–water partition coefficient (Wildman–Crippen LogP) is 2.13. The van der Waals surface area contributed by atoms with Crippen molar-refractivity contribution in [2.45, 2.75) is 66.7 Å². The molecule has 0 radical (unpaired) electrons.